The van der Waals surface area contributed by atoms with E-state index in [1.54, 1.807) is 12.1 Å². The van der Waals surface area contributed by atoms with Crippen LogP contribution in [0.4, 0.5) is 9.59 Å². The Balaban J connectivity index is 1.39. The van der Waals surface area contributed by atoms with E-state index in [9.17, 15) is 9.59 Å². The summed E-state index contributed by atoms with van der Waals surface area (Å²) in [7, 11) is 0. The first kappa shape index (κ1) is 15.9. The van der Waals surface area contributed by atoms with Crippen LogP contribution in [0.25, 0.3) is 0 Å². The maximum Gasteiger partial charge on any atom is 0.407 e. The quantitative estimate of drug-likeness (QED) is 0.793. The second-order valence-electron chi connectivity index (χ2n) is 6.51. The molecule has 1 aromatic rings. The van der Waals surface area contributed by atoms with E-state index in [-0.39, 0.29) is 17.5 Å². The highest BCUT2D eigenvalue weighted by atomic mass is 35.5. The minimum absolute atomic E-state index is 0.0759. The molecular formula is C16H20ClN3O3. The minimum Gasteiger partial charge on any atom is -0.465 e. The third-order valence-electron chi connectivity index (χ3n) is 4.77. The zero-order valence-electron chi connectivity index (χ0n) is 12.7. The van der Waals surface area contributed by atoms with Gasteiger partial charge in [-0.1, -0.05) is 23.7 Å². The Kier molecular flexibility index (Phi) is 4.35. The lowest BCUT2D eigenvalue weighted by molar-refractivity contribution is 0.0899. The predicted molar refractivity (Wildman–Crippen MR) is 86.5 cm³/mol. The van der Waals surface area contributed by atoms with Crippen LogP contribution in [0.2, 0.25) is 5.02 Å². The molecule has 1 saturated heterocycles. The summed E-state index contributed by atoms with van der Waals surface area (Å²) in [6.07, 6.45) is 1.75. The summed E-state index contributed by atoms with van der Waals surface area (Å²) >= 11 is 5.82. The van der Waals surface area contributed by atoms with E-state index in [0.29, 0.717) is 24.7 Å². The number of hydrogen-bond donors (Lipinski definition) is 3. The molecule has 3 rings (SSSR count). The Labute approximate surface area is 139 Å². The Hall–Kier alpha value is -1.95. The molecule has 3 amide bonds. The fourth-order valence-electron chi connectivity index (χ4n) is 3.54. The van der Waals surface area contributed by atoms with Crippen LogP contribution in [-0.4, -0.2) is 41.3 Å². The van der Waals surface area contributed by atoms with E-state index in [0.717, 1.165) is 24.8 Å². The van der Waals surface area contributed by atoms with Gasteiger partial charge in [0.05, 0.1) is 0 Å². The summed E-state index contributed by atoms with van der Waals surface area (Å²) in [4.78, 5) is 24.3. The Bertz CT molecular complexity index is 599. The number of carbonyl (C=O) groups is 2. The van der Waals surface area contributed by atoms with Crippen LogP contribution >= 0.6 is 11.6 Å². The Morgan fingerprint density at radius 3 is 2.61 bits per heavy atom. The first-order valence-corrected chi connectivity index (χ1v) is 8.10. The van der Waals surface area contributed by atoms with Gasteiger partial charge in [-0.25, -0.2) is 9.59 Å². The van der Waals surface area contributed by atoms with Gasteiger partial charge in [-0.15, -0.1) is 0 Å². The average Bonchev–Trinajstić information content (AvgIpc) is 2.92. The van der Waals surface area contributed by atoms with Crippen molar-refractivity contribution in [3.63, 3.8) is 0 Å². The van der Waals surface area contributed by atoms with Crippen LogP contribution in [0.3, 0.4) is 0 Å². The van der Waals surface area contributed by atoms with Crippen molar-refractivity contribution < 1.29 is 14.7 Å². The van der Waals surface area contributed by atoms with Gasteiger partial charge in [0.25, 0.3) is 0 Å². The van der Waals surface area contributed by atoms with E-state index < -0.39 is 6.09 Å². The second-order valence-corrected chi connectivity index (χ2v) is 6.95. The van der Waals surface area contributed by atoms with Gasteiger partial charge in [-0.05, 0) is 42.4 Å². The number of carbonyl (C=O) groups excluding carboxylic acids is 1. The monoisotopic (exact) mass is 337 g/mol. The van der Waals surface area contributed by atoms with Crippen molar-refractivity contribution in [2.45, 2.75) is 31.8 Å². The largest absolute Gasteiger partial charge is 0.465 e. The van der Waals surface area contributed by atoms with Crippen molar-refractivity contribution in [3.8, 4) is 0 Å². The summed E-state index contributed by atoms with van der Waals surface area (Å²) in [6, 6.07) is 7.28. The van der Waals surface area contributed by atoms with Crippen LogP contribution in [-0.2, 0) is 6.54 Å². The molecule has 7 heteroatoms. The van der Waals surface area contributed by atoms with Gasteiger partial charge in [-0.3, -0.25) is 0 Å². The molecule has 0 atom stereocenters. The van der Waals surface area contributed by atoms with E-state index in [1.807, 2.05) is 12.1 Å². The molecule has 0 radical (unpaired) electrons. The SMILES string of the molecule is O=C(NCc1ccc(Cl)cc1)NC1CC2(CCN(C(=O)O)C2)C1. The predicted octanol–water partition coefficient (Wildman–Crippen LogP) is 2.67. The van der Waals surface area contributed by atoms with Gasteiger partial charge in [0.1, 0.15) is 0 Å². The fourth-order valence-corrected chi connectivity index (χ4v) is 3.67. The number of rotatable bonds is 3. The van der Waals surface area contributed by atoms with E-state index in [4.69, 9.17) is 16.7 Å². The molecule has 3 N–H and O–H groups in total. The normalized spacial score (nSPS) is 26.0. The standard InChI is InChI=1S/C16H20ClN3O3/c17-12-3-1-11(2-4-12)9-18-14(21)19-13-7-16(8-13)5-6-20(10-16)15(22)23/h1-4,13H,5-10H2,(H,22,23)(H2,18,19,21). The Morgan fingerprint density at radius 1 is 1.30 bits per heavy atom. The summed E-state index contributed by atoms with van der Waals surface area (Å²) < 4.78 is 0. The number of halogens is 1. The third-order valence-corrected chi connectivity index (χ3v) is 5.02. The molecule has 0 unspecified atom stereocenters. The molecule has 23 heavy (non-hydrogen) atoms. The van der Waals surface area contributed by atoms with Gasteiger partial charge in [0.2, 0.25) is 0 Å². The second kappa shape index (κ2) is 6.28. The molecule has 124 valence electrons. The van der Waals surface area contributed by atoms with Gasteiger partial charge in [-0.2, -0.15) is 0 Å². The van der Waals surface area contributed by atoms with Crippen molar-refractivity contribution in [2.24, 2.45) is 5.41 Å². The number of nitrogens with one attached hydrogen (secondary N) is 2. The minimum atomic E-state index is -0.848. The summed E-state index contributed by atoms with van der Waals surface area (Å²) in [5.41, 5.74) is 1.06. The highest BCUT2D eigenvalue weighted by molar-refractivity contribution is 6.30. The molecule has 6 nitrogen and oxygen atoms in total. The van der Waals surface area contributed by atoms with Crippen molar-refractivity contribution in [1.82, 2.24) is 15.5 Å². The lowest BCUT2D eigenvalue weighted by atomic mass is 9.65. The van der Waals surface area contributed by atoms with Crippen molar-refractivity contribution >= 4 is 23.7 Å². The molecule has 1 aromatic carbocycles. The molecule has 2 fully saturated rings. The number of amides is 3. The zero-order valence-corrected chi connectivity index (χ0v) is 13.5. The number of likely N-dealkylation sites (tertiary alicyclic amines) is 1. The number of benzene rings is 1. The molecule has 1 aliphatic heterocycles. The molecule has 0 aromatic heterocycles. The maximum atomic E-state index is 11.9. The summed E-state index contributed by atoms with van der Waals surface area (Å²) in [5.74, 6) is 0. The van der Waals surface area contributed by atoms with Crippen molar-refractivity contribution in [1.29, 1.82) is 0 Å². The molecule has 1 saturated carbocycles. The van der Waals surface area contributed by atoms with Gasteiger partial charge < -0.3 is 20.6 Å². The van der Waals surface area contributed by atoms with Crippen LogP contribution in [0, 0.1) is 5.41 Å². The van der Waals surface area contributed by atoms with Crippen LogP contribution in [0.1, 0.15) is 24.8 Å². The van der Waals surface area contributed by atoms with E-state index >= 15 is 0 Å². The van der Waals surface area contributed by atoms with Crippen LogP contribution in [0.15, 0.2) is 24.3 Å². The zero-order chi connectivity index (χ0) is 16.4. The lowest BCUT2D eigenvalue weighted by Gasteiger charge is -2.45. The third kappa shape index (κ3) is 3.69. The van der Waals surface area contributed by atoms with Gasteiger partial charge in [0.15, 0.2) is 0 Å². The van der Waals surface area contributed by atoms with Gasteiger partial charge >= 0.3 is 12.1 Å². The molecule has 2 aliphatic rings. The molecule has 1 aliphatic carbocycles. The topological polar surface area (TPSA) is 81.7 Å². The number of hydrogen-bond acceptors (Lipinski definition) is 2. The smallest absolute Gasteiger partial charge is 0.407 e. The highest BCUT2D eigenvalue weighted by Crippen LogP contribution is 2.48. The molecule has 1 heterocycles. The summed E-state index contributed by atoms with van der Waals surface area (Å²) in [5, 5.41) is 15.5. The van der Waals surface area contributed by atoms with Crippen LogP contribution in [0.5, 0.6) is 0 Å². The lowest BCUT2D eigenvalue weighted by Crippen LogP contribution is -2.54. The van der Waals surface area contributed by atoms with Crippen molar-refractivity contribution in [3.05, 3.63) is 34.9 Å². The molecule has 1 spiro atoms. The Morgan fingerprint density at radius 2 is 2.00 bits per heavy atom. The van der Waals surface area contributed by atoms with Gasteiger partial charge in [0, 0.05) is 30.7 Å². The van der Waals surface area contributed by atoms with Crippen LogP contribution < -0.4 is 10.6 Å². The maximum absolute atomic E-state index is 11.9. The average molecular weight is 338 g/mol. The number of carboxylic acid groups (broad SMARTS) is 1. The highest BCUT2D eigenvalue weighted by Gasteiger charge is 2.49. The van der Waals surface area contributed by atoms with E-state index in [2.05, 4.69) is 10.6 Å². The molecular weight excluding hydrogens is 318 g/mol. The number of urea groups is 1. The van der Waals surface area contributed by atoms with E-state index in [1.165, 1.54) is 4.90 Å². The fraction of sp³-hybridized carbons (Fsp3) is 0.500. The van der Waals surface area contributed by atoms with Crippen molar-refractivity contribution in [2.75, 3.05) is 13.1 Å². The number of nitrogens with zero attached hydrogens (tertiary/aromatic N) is 1. The first-order valence-electron chi connectivity index (χ1n) is 7.72. The summed E-state index contributed by atoms with van der Waals surface area (Å²) in [6.45, 7) is 1.64. The first-order chi connectivity index (χ1) is 11.0. The molecule has 0 bridgehead atoms.